The zero-order valence-electron chi connectivity index (χ0n) is 11.6. The van der Waals surface area contributed by atoms with Crippen molar-refractivity contribution in [2.45, 2.75) is 47.5 Å². The Balaban J connectivity index is 2.55. The molecule has 1 aliphatic carbocycles. The molecule has 2 aliphatic rings. The minimum atomic E-state index is -0.331. The Labute approximate surface area is 104 Å². The predicted molar refractivity (Wildman–Crippen MR) is 70.3 cm³/mol. The summed E-state index contributed by atoms with van der Waals surface area (Å²) in [6.45, 7) is 11.4. The molecular formula is C15H23NO. The lowest BCUT2D eigenvalue weighted by atomic mass is 9.75. The highest BCUT2D eigenvalue weighted by Gasteiger charge is 2.47. The predicted octanol–water partition coefficient (Wildman–Crippen LogP) is 3.51. The molecule has 94 valence electrons. The first kappa shape index (κ1) is 12.4. The lowest BCUT2D eigenvalue weighted by molar-refractivity contribution is -0.133. The summed E-state index contributed by atoms with van der Waals surface area (Å²) >= 11 is 0. The topological polar surface area (TPSA) is 20.3 Å². The molecule has 0 unspecified atom stereocenters. The molecule has 0 fully saturated rings. The first-order valence-electron chi connectivity index (χ1n) is 6.67. The van der Waals surface area contributed by atoms with E-state index < -0.39 is 0 Å². The van der Waals surface area contributed by atoms with Crippen LogP contribution in [0.1, 0.15) is 47.5 Å². The van der Waals surface area contributed by atoms with E-state index in [1.807, 2.05) is 4.90 Å². The van der Waals surface area contributed by atoms with Crippen molar-refractivity contribution < 1.29 is 4.79 Å². The Bertz CT molecular complexity index is 413. The van der Waals surface area contributed by atoms with Crippen LogP contribution >= 0.6 is 0 Å². The van der Waals surface area contributed by atoms with Gasteiger partial charge in [0.25, 0.3) is 0 Å². The fourth-order valence-corrected chi connectivity index (χ4v) is 3.18. The standard InChI is InChI=1S/C15H23NO/c1-6-16-12-9-7-8-11(10(2)3)13(12)15(4,5)14(16)17/h8,10H,6-7,9H2,1-5H3. The Morgan fingerprint density at radius 3 is 2.59 bits per heavy atom. The molecular weight excluding hydrogens is 210 g/mol. The molecule has 0 radical (unpaired) electrons. The summed E-state index contributed by atoms with van der Waals surface area (Å²) in [5, 5.41) is 0. The number of amides is 1. The van der Waals surface area contributed by atoms with Gasteiger partial charge >= 0.3 is 0 Å². The van der Waals surface area contributed by atoms with E-state index in [9.17, 15) is 4.79 Å². The summed E-state index contributed by atoms with van der Waals surface area (Å²) in [4.78, 5) is 14.4. The molecule has 1 heterocycles. The van der Waals surface area contributed by atoms with Crippen molar-refractivity contribution >= 4 is 5.91 Å². The van der Waals surface area contributed by atoms with Crippen LogP contribution in [0.25, 0.3) is 0 Å². The Morgan fingerprint density at radius 1 is 1.41 bits per heavy atom. The second-order valence-corrected chi connectivity index (χ2v) is 5.85. The van der Waals surface area contributed by atoms with Crippen LogP contribution < -0.4 is 0 Å². The van der Waals surface area contributed by atoms with Gasteiger partial charge in [0, 0.05) is 12.2 Å². The first-order valence-corrected chi connectivity index (χ1v) is 6.67. The van der Waals surface area contributed by atoms with Gasteiger partial charge in [-0.3, -0.25) is 4.79 Å². The van der Waals surface area contributed by atoms with Crippen LogP contribution in [0.2, 0.25) is 0 Å². The molecule has 17 heavy (non-hydrogen) atoms. The number of carbonyl (C=O) groups excluding carboxylic acids is 1. The van der Waals surface area contributed by atoms with Crippen LogP contribution in [0.4, 0.5) is 0 Å². The minimum Gasteiger partial charge on any atom is -0.315 e. The van der Waals surface area contributed by atoms with Gasteiger partial charge in [-0.2, -0.15) is 0 Å². The number of nitrogens with zero attached hydrogens (tertiary/aromatic N) is 1. The van der Waals surface area contributed by atoms with Gasteiger partial charge in [-0.05, 0) is 50.7 Å². The van der Waals surface area contributed by atoms with Crippen molar-refractivity contribution in [3.63, 3.8) is 0 Å². The lowest BCUT2D eigenvalue weighted by Crippen LogP contribution is -2.33. The van der Waals surface area contributed by atoms with Crippen LogP contribution in [-0.2, 0) is 4.79 Å². The van der Waals surface area contributed by atoms with Crippen LogP contribution in [0.5, 0.6) is 0 Å². The Kier molecular flexibility index (Phi) is 2.92. The van der Waals surface area contributed by atoms with Crippen molar-refractivity contribution in [3.8, 4) is 0 Å². The highest BCUT2D eigenvalue weighted by Crippen LogP contribution is 2.48. The van der Waals surface area contributed by atoms with Crippen molar-refractivity contribution in [2.24, 2.45) is 11.3 Å². The molecule has 0 aromatic carbocycles. The SMILES string of the molecule is CCN1C(=O)C(C)(C)C2=C1CCC=C2C(C)C. The van der Waals surface area contributed by atoms with Gasteiger partial charge in [-0.25, -0.2) is 0 Å². The molecule has 0 aromatic rings. The molecule has 1 aliphatic heterocycles. The summed E-state index contributed by atoms with van der Waals surface area (Å²) < 4.78 is 0. The van der Waals surface area contributed by atoms with Gasteiger partial charge < -0.3 is 4.90 Å². The zero-order chi connectivity index (χ0) is 12.8. The smallest absolute Gasteiger partial charge is 0.236 e. The fourth-order valence-electron chi connectivity index (χ4n) is 3.18. The monoisotopic (exact) mass is 233 g/mol. The third-order valence-corrected chi connectivity index (χ3v) is 3.99. The van der Waals surface area contributed by atoms with Gasteiger partial charge in [-0.1, -0.05) is 19.9 Å². The van der Waals surface area contributed by atoms with E-state index in [0.717, 1.165) is 19.4 Å². The third-order valence-electron chi connectivity index (χ3n) is 3.99. The number of hydrogen-bond acceptors (Lipinski definition) is 1. The zero-order valence-corrected chi connectivity index (χ0v) is 11.6. The van der Waals surface area contributed by atoms with Crippen LogP contribution in [0.3, 0.4) is 0 Å². The number of rotatable bonds is 2. The third kappa shape index (κ3) is 1.65. The summed E-state index contributed by atoms with van der Waals surface area (Å²) in [5.41, 5.74) is 3.65. The lowest BCUT2D eigenvalue weighted by Gasteiger charge is -2.26. The van der Waals surface area contributed by atoms with Crippen molar-refractivity contribution in [1.29, 1.82) is 0 Å². The highest BCUT2D eigenvalue weighted by molar-refractivity contribution is 5.92. The molecule has 2 heteroatoms. The van der Waals surface area contributed by atoms with Crippen molar-refractivity contribution in [2.75, 3.05) is 6.54 Å². The van der Waals surface area contributed by atoms with E-state index in [2.05, 4.69) is 40.7 Å². The minimum absolute atomic E-state index is 0.276. The molecule has 1 amide bonds. The van der Waals surface area contributed by atoms with Crippen molar-refractivity contribution in [3.05, 3.63) is 22.9 Å². The summed E-state index contributed by atoms with van der Waals surface area (Å²) in [6, 6.07) is 0. The van der Waals surface area contributed by atoms with E-state index in [4.69, 9.17) is 0 Å². The molecule has 0 atom stereocenters. The normalized spacial score (nSPS) is 23.3. The maximum Gasteiger partial charge on any atom is 0.236 e. The average molecular weight is 233 g/mol. The molecule has 0 aromatic heterocycles. The van der Waals surface area contributed by atoms with Gasteiger partial charge in [0.05, 0.1) is 5.41 Å². The van der Waals surface area contributed by atoms with Crippen LogP contribution in [0.15, 0.2) is 22.9 Å². The highest BCUT2D eigenvalue weighted by atomic mass is 16.2. The van der Waals surface area contributed by atoms with E-state index in [1.54, 1.807) is 0 Å². The maximum absolute atomic E-state index is 12.4. The van der Waals surface area contributed by atoms with E-state index in [0.29, 0.717) is 5.92 Å². The molecule has 0 N–H and O–H groups in total. The van der Waals surface area contributed by atoms with Gasteiger partial charge in [0.15, 0.2) is 0 Å². The average Bonchev–Trinajstić information content (AvgIpc) is 2.47. The number of allylic oxidation sites excluding steroid dienone is 3. The Morgan fingerprint density at radius 2 is 2.06 bits per heavy atom. The van der Waals surface area contributed by atoms with Gasteiger partial charge in [0.2, 0.25) is 5.91 Å². The van der Waals surface area contributed by atoms with Crippen LogP contribution in [-0.4, -0.2) is 17.4 Å². The number of hydrogen-bond donors (Lipinski definition) is 0. The molecule has 0 spiro atoms. The molecule has 0 saturated heterocycles. The number of carbonyl (C=O) groups is 1. The van der Waals surface area contributed by atoms with E-state index in [1.165, 1.54) is 16.8 Å². The molecule has 0 saturated carbocycles. The maximum atomic E-state index is 12.4. The molecule has 2 nitrogen and oxygen atoms in total. The van der Waals surface area contributed by atoms with Crippen LogP contribution in [0, 0.1) is 11.3 Å². The van der Waals surface area contributed by atoms with E-state index >= 15 is 0 Å². The summed E-state index contributed by atoms with van der Waals surface area (Å²) in [7, 11) is 0. The molecule has 2 rings (SSSR count). The largest absolute Gasteiger partial charge is 0.315 e. The van der Waals surface area contributed by atoms with E-state index in [-0.39, 0.29) is 11.3 Å². The Hall–Kier alpha value is -1.05. The quantitative estimate of drug-likeness (QED) is 0.714. The van der Waals surface area contributed by atoms with Gasteiger partial charge in [0.1, 0.15) is 0 Å². The summed E-state index contributed by atoms with van der Waals surface area (Å²) in [6.07, 6.45) is 4.43. The first-order chi connectivity index (χ1) is 7.91. The second kappa shape index (κ2) is 4.01. The molecule has 0 bridgehead atoms. The summed E-state index contributed by atoms with van der Waals surface area (Å²) in [5.74, 6) is 0.780. The second-order valence-electron chi connectivity index (χ2n) is 5.85. The fraction of sp³-hybridized carbons (Fsp3) is 0.667. The van der Waals surface area contributed by atoms with Crippen molar-refractivity contribution in [1.82, 2.24) is 4.90 Å². The van der Waals surface area contributed by atoms with Gasteiger partial charge in [-0.15, -0.1) is 0 Å².